The zero-order valence-electron chi connectivity index (χ0n) is 7.45. The van der Waals surface area contributed by atoms with Crippen molar-refractivity contribution in [1.82, 2.24) is 0 Å². The summed E-state index contributed by atoms with van der Waals surface area (Å²) in [4.78, 5) is 0. The molecular formula is C11H13O2. The maximum absolute atomic E-state index is 8.90. The van der Waals surface area contributed by atoms with Gasteiger partial charge in [0, 0.05) is 5.56 Å². The predicted molar refractivity (Wildman–Crippen MR) is 49.3 cm³/mol. The third-order valence-corrected chi connectivity index (χ3v) is 2.61. The van der Waals surface area contributed by atoms with Gasteiger partial charge in [0.2, 0.25) is 0 Å². The number of aryl methyl sites for hydroxylation is 2. The molecule has 0 unspecified atom stereocenters. The Morgan fingerprint density at radius 3 is 2.38 bits per heavy atom. The zero-order chi connectivity index (χ0) is 9.26. The monoisotopic (exact) mass is 177 g/mol. The summed E-state index contributed by atoms with van der Waals surface area (Å²) in [7, 11) is 0. The number of rotatable bonds is 1. The van der Waals surface area contributed by atoms with Gasteiger partial charge in [-0.25, -0.2) is 0 Å². The second-order valence-corrected chi connectivity index (χ2v) is 3.51. The fraction of sp³-hybridized carbons (Fsp3) is 0.364. The van der Waals surface area contributed by atoms with Gasteiger partial charge in [-0.15, -0.1) is 0 Å². The molecule has 0 atom stereocenters. The van der Waals surface area contributed by atoms with Crippen LogP contribution in [0.25, 0.3) is 0 Å². The lowest BCUT2D eigenvalue weighted by Crippen LogP contribution is -2.05. The molecule has 69 valence electrons. The van der Waals surface area contributed by atoms with Crippen LogP contribution >= 0.6 is 0 Å². The highest BCUT2D eigenvalue weighted by Gasteiger charge is 2.12. The third kappa shape index (κ3) is 1.74. The Hall–Kier alpha value is -0.860. The van der Waals surface area contributed by atoms with Crippen molar-refractivity contribution in [2.45, 2.75) is 25.7 Å². The average molecular weight is 177 g/mol. The highest BCUT2D eigenvalue weighted by molar-refractivity contribution is 5.36. The van der Waals surface area contributed by atoms with Gasteiger partial charge in [-0.1, -0.05) is 12.1 Å². The summed E-state index contributed by atoms with van der Waals surface area (Å²) in [5.41, 5.74) is 3.15. The minimum Gasteiger partial charge on any atom is -0.357 e. The molecule has 1 aliphatic rings. The van der Waals surface area contributed by atoms with Gasteiger partial charge in [0.25, 0.3) is 6.29 Å². The Kier molecular flexibility index (Phi) is 2.34. The van der Waals surface area contributed by atoms with Gasteiger partial charge in [-0.3, -0.25) is 0 Å². The number of fused-ring (bicyclic) bond motifs is 1. The molecule has 0 fully saturated rings. The minimum atomic E-state index is -0.576. The normalized spacial score (nSPS) is 15.9. The second kappa shape index (κ2) is 3.48. The van der Waals surface area contributed by atoms with E-state index in [1.54, 1.807) is 6.07 Å². The molecule has 1 aromatic carbocycles. The van der Waals surface area contributed by atoms with E-state index in [9.17, 15) is 0 Å². The number of hydrogen-bond donors (Lipinski definition) is 2. The van der Waals surface area contributed by atoms with Crippen LogP contribution in [0.1, 0.15) is 29.5 Å². The van der Waals surface area contributed by atoms with Crippen molar-refractivity contribution in [3.63, 3.8) is 0 Å². The van der Waals surface area contributed by atoms with Crippen LogP contribution < -0.4 is 0 Å². The smallest absolute Gasteiger partial charge is 0.250 e. The molecule has 1 aromatic rings. The van der Waals surface area contributed by atoms with E-state index in [0.717, 1.165) is 12.8 Å². The van der Waals surface area contributed by atoms with Gasteiger partial charge in [0.15, 0.2) is 0 Å². The maximum Gasteiger partial charge on any atom is 0.250 e. The van der Waals surface area contributed by atoms with Crippen LogP contribution in [0.2, 0.25) is 0 Å². The summed E-state index contributed by atoms with van der Waals surface area (Å²) in [5, 5.41) is 17.8. The van der Waals surface area contributed by atoms with E-state index in [-0.39, 0.29) is 0 Å². The van der Waals surface area contributed by atoms with E-state index in [1.165, 1.54) is 24.0 Å². The summed E-state index contributed by atoms with van der Waals surface area (Å²) < 4.78 is 0. The molecule has 0 saturated carbocycles. The van der Waals surface area contributed by atoms with Crippen molar-refractivity contribution < 1.29 is 10.2 Å². The average Bonchev–Trinajstić information content (AvgIpc) is 2.17. The van der Waals surface area contributed by atoms with Gasteiger partial charge >= 0.3 is 0 Å². The summed E-state index contributed by atoms with van der Waals surface area (Å²) in [6.45, 7) is 0. The molecule has 0 aromatic heterocycles. The first-order valence-electron chi connectivity index (χ1n) is 4.64. The molecule has 2 rings (SSSR count). The van der Waals surface area contributed by atoms with Gasteiger partial charge in [0.05, 0.1) is 0 Å². The highest BCUT2D eigenvalue weighted by atomic mass is 16.5. The molecule has 0 saturated heterocycles. The van der Waals surface area contributed by atoms with Crippen LogP contribution in [0.15, 0.2) is 18.2 Å². The molecule has 0 aliphatic heterocycles. The standard InChI is InChI=1S/C11H13O2/c12-11(13)10-6-5-8-3-1-2-4-9(8)7-10/h5-7,12-13H,1-4H2. The Labute approximate surface area is 77.8 Å². The lowest BCUT2D eigenvalue weighted by molar-refractivity contribution is 0.110. The van der Waals surface area contributed by atoms with Crippen molar-refractivity contribution in [2.75, 3.05) is 0 Å². The van der Waals surface area contributed by atoms with Crippen LogP contribution in [-0.4, -0.2) is 10.2 Å². The van der Waals surface area contributed by atoms with Crippen molar-refractivity contribution in [1.29, 1.82) is 0 Å². The van der Waals surface area contributed by atoms with Crippen LogP contribution in [0.3, 0.4) is 0 Å². The molecule has 0 bridgehead atoms. The van der Waals surface area contributed by atoms with Crippen LogP contribution in [-0.2, 0) is 12.8 Å². The first-order chi connectivity index (χ1) is 6.27. The Balaban J connectivity index is 2.35. The van der Waals surface area contributed by atoms with Crippen LogP contribution in [0.5, 0.6) is 0 Å². The predicted octanol–water partition coefficient (Wildman–Crippen LogP) is 2.15. The Morgan fingerprint density at radius 2 is 1.69 bits per heavy atom. The van der Waals surface area contributed by atoms with Gasteiger partial charge in [0.1, 0.15) is 0 Å². The van der Waals surface area contributed by atoms with Crippen molar-refractivity contribution >= 4 is 0 Å². The SMILES string of the molecule is O[C](O)c1ccc2c(c1)CCCC2. The Morgan fingerprint density at radius 1 is 1.00 bits per heavy atom. The fourth-order valence-corrected chi connectivity index (χ4v) is 1.87. The molecule has 2 nitrogen and oxygen atoms in total. The van der Waals surface area contributed by atoms with Crippen molar-refractivity contribution in [3.05, 3.63) is 41.2 Å². The lowest BCUT2D eigenvalue weighted by atomic mass is 9.90. The number of aliphatic hydroxyl groups excluding tert-OH is 1. The molecule has 0 spiro atoms. The van der Waals surface area contributed by atoms with E-state index in [4.69, 9.17) is 10.2 Å². The fourth-order valence-electron chi connectivity index (χ4n) is 1.87. The second-order valence-electron chi connectivity index (χ2n) is 3.51. The molecule has 0 amide bonds. The number of benzene rings is 1. The van der Waals surface area contributed by atoms with Gasteiger partial charge in [-0.05, 0) is 42.9 Å². The topological polar surface area (TPSA) is 40.5 Å². The van der Waals surface area contributed by atoms with E-state index >= 15 is 0 Å². The van der Waals surface area contributed by atoms with E-state index < -0.39 is 6.29 Å². The molecule has 1 aliphatic carbocycles. The lowest BCUT2D eigenvalue weighted by Gasteiger charge is -2.16. The maximum atomic E-state index is 8.90. The van der Waals surface area contributed by atoms with Crippen LogP contribution in [0, 0.1) is 6.29 Å². The quantitative estimate of drug-likeness (QED) is 0.690. The summed E-state index contributed by atoms with van der Waals surface area (Å²) in [6.07, 6.45) is 4.08. The molecule has 0 heterocycles. The number of aliphatic hydroxyl groups is 2. The van der Waals surface area contributed by atoms with Crippen LogP contribution in [0.4, 0.5) is 0 Å². The summed E-state index contributed by atoms with van der Waals surface area (Å²) in [5.74, 6) is 0. The zero-order valence-corrected chi connectivity index (χ0v) is 7.45. The minimum absolute atomic E-state index is 0.528. The first kappa shape index (κ1) is 8.73. The van der Waals surface area contributed by atoms with Gasteiger partial charge in [-0.2, -0.15) is 0 Å². The highest BCUT2D eigenvalue weighted by Crippen LogP contribution is 2.23. The van der Waals surface area contributed by atoms with Gasteiger partial charge < -0.3 is 10.2 Å². The van der Waals surface area contributed by atoms with Crippen molar-refractivity contribution in [2.24, 2.45) is 0 Å². The molecule has 1 radical (unpaired) electrons. The van der Waals surface area contributed by atoms with Crippen molar-refractivity contribution in [3.8, 4) is 0 Å². The van der Waals surface area contributed by atoms with E-state index in [0.29, 0.717) is 5.56 Å². The molecular weight excluding hydrogens is 164 g/mol. The van der Waals surface area contributed by atoms with E-state index in [1.807, 2.05) is 12.1 Å². The molecule has 2 N–H and O–H groups in total. The largest absolute Gasteiger partial charge is 0.357 e. The summed E-state index contributed by atoms with van der Waals surface area (Å²) >= 11 is 0. The Bertz CT molecular complexity index is 305. The first-order valence-corrected chi connectivity index (χ1v) is 4.64. The number of hydrogen-bond acceptors (Lipinski definition) is 2. The van der Waals surface area contributed by atoms with E-state index in [2.05, 4.69) is 0 Å². The molecule has 2 heteroatoms. The third-order valence-electron chi connectivity index (χ3n) is 2.61. The summed E-state index contributed by atoms with van der Waals surface area (Å²) in [6, 6.07) is 5.64. The molecule has 13 heavy (non-hydrogen) atoms.